The zero-order valence-electron chi connectivity index (χ0n) is 15.4. The monoisotopic (exact) mass is 341 g/mol. The summed E-state index contributed by atoms with van der Waals surface area (Å²) in [4.78, 5) is 2.20. The molecule has 3 rings (SSSR count). The van der Waals surface area contributed by atoms with Crippen LogP contribution in [-0.4, -0.2) is 24.1 Å². The summed E-state index contributed by atoms with van der Waals surface area (Å²) in [6, 6.07) is 15.6. The molecule has 1 fully saturated rings. The molecule has 1 saturated carbocycles. The van der Waals surface area contributed by atoms with E-state index in [4.69, 9.17) is 0 Å². The summed E-state index contributed by atoms with van der Waals surface area (Å²) in [5.41, 5.74) is 1.73. The van der Waals surface area contributed by atoms with Gasteiger partial charge in [-0.3, -0.25) is 0 Å². The highest BCUT2D eigenvalue weighted by Gasteiger charge is 2.45. The summed E-state index contributed by atoms with van der Waals surface area (Å²) >= 11 is 0. The van der Waals surface area contributed by atoms with Crippen molar-refractivity contribution in [3.8, 4) is 0 Å². The van der Waals surface area contributed by atoms with Gasteiger partial charge < -0.3 is 10.0 Å². The lowest BCUT2D eigenvalue weighted by molar-refractivity contribution is -0.0838. The molecule has 0 heterocycles. The maximum Gasteiger partial charge on any atom is 0.126 e. The van der Waals surface area contributed by atoms with Crippen LogP contribution in [0.3, 0.4) is 0 Å². The van der Waals surface area contributed by atoms with Crippen LogP contribution in [-0.2, 0) is 5.60 Å². The lowest BCUT2D eigenvalue weighted by Gasteiger charge is -2.46. The number of aliphatic hydroxyl groups is 1. The molecular weight excluding hydrogens is 313 g/mol. The first-order chi connectivity index (χ1) is 11.9. The van der Waals surface area contributed by atoms with Gasteiger partial charge in [0.05, 0.1) is 5.60 Å². The highest BCUT2D eigenvalue weighted by atomic mass is 19.1. The number of aryl methyl sites for hydroxylation is 1. The molecule has 25 heavy (non-hydrogen) atoms. The molecule has 3 heteroatoms. The first-order valence-electron chi connectivity index (χ1n) is 9.14. The third-order valence-electron chi connectivity index (χ3n) is 5.67. The van der Waals surface area contributed by atoms with Crippen LogP contribution in [0.15, 0.2) is 48.5 Å². The van der Waals surface area contributed by atoms with E-state index in [0.717, 1.165) is 31.2 Å². The van der Waals surface area contributed by atoms with E-state index in [1.165, 1.54) is 11.6 Å². The number of hydrogen-bond donors (Lipinski definition) is 1. The van der Waals surface area contributed by atoms with Crippen molar-refractivity contribution in [2.24, 2.45) is 5.92 Å². The molecule has 3 unspecified atom stereocenters. The molecule has 0 radical (unpaired) electrons. The van der Waals surface area contributed by atoms with Crippen molar-refractivity contribution < 1.29 is 9.50 Å². The second-order valence-corrected chi connectivity index (χ2v) is 7.56. The largest absolute Gasteiger partial charge is 0.385 e. The van der Waals surface area contributed by atoms with Crippen molar-refractivity contribution in [1.29, 1.82) is 0 Å². The first-order valence-corrected chi connectivity index (χ1v) is 9.14. The Labute approximate surface area is 150 Å². The number of rotatable bonds is 4. The van der Waals surface area contributed by atoms with Crippen LogP contribution in [0.5, 0.6) is 0 Å². The molecule has 0 bridgehead atoms. The fourth-order valence-electron chi connectivity index (χ4n) is 4.41. The van der Waals surface area contributed by atoms with Gasteiger partial charge in [0.15, 0.2) is 0 Å². The summed E-state index contributed by atoms with van der Waals surface area (Å²) in [6.07, 6.45) is 3.80. The van der Waals surface area contributed by atoms with Crippen molar-refractivity contribution in [2.45, 2.75) is 44.2 Å². The van der Waals surface area contributed by atoms with Gasteiger partial charge in [-0.05, 0) is 56.6 Å². The lowest BCUT2D eigenvalue weighted by atomic mass is 9.66. The van der Waals surface area contributed by atoms with Crippen LogP contribution < -0.4 is 0 Å². The van der Waals surface area contributed by atoms with Gasteiger partial charge in [-0.15, -0.1) is 0 Å². The lowest BCUT2D eigenvalue weighted by Crippen LogP contribution is -2.45. The Morgan fingerprint density at radius 1 is 1.12 bits per heavy atom. The Bertz CT molecular complexity index is 715. The Kier molecular flexibility index (Phi) is 5.26. The molecule has 0 saturated heterocycles. The van der Waals surface area contributed by atoms with Crippen molar-refractivity contribution in [3.05, 3.63) is 71.0 Å². The Balaban J connectivity index is 2.05. The predicted octanol–water partition coefficient (Wildman–Crippen LogP) is 4.81. The van der Waals surface area contributed by atoms with E-state index in [-0.39, 0.29) is 17.8 Å². The maximum absolute atomic E-state index is 13.7. The van der Waals surface area contributed by atoms with Crippen molar-refractivity contribution in [2.75, 3.05) is 14.1 Å². The molecular formula is C22H28FNO. The average Bonchev–Trinajstić information content (AvgIpc) is 2.60. The van der Waals surface area contributed by atoms with E-state index < -0.39 is 5.60 Å². The van der Waals surface area contributed by atoms with E-state index in [1.54, 1.807) is 13.0 Å². The molecule has 1 aliphatic carbocycles. The minimum atomic E-state index is -0.929. The van der Waals surface area contributed by atoms with E-state index in [0.29, 0.717) is 5.56 Å². The molecule has 2 aromatic carbocycles. The van der Waals surface area contributed by atoms with Crippen LogP contribution in [0.1, 0.15) is 48.4 Å². The van der Waals surface area contributed by atoms with Crippen molar-refractivity contribution >= 4 is 0 Å². The van der Waals surface area contributed by atoms with E-state index in [2.05, 4.69) is 43.3 Å². The number of hydrogen-bond acceptors (Lipinski definition) is 2. The van der Waals surface area contributed by atoms with Gasteiger partial charge >= 0.3 is 0 Å². The van der Waals surface area contributed by atoms with Crippen molar-refractivity contribution in [3.63, 3.8) is 0 Å². The maximum atomic E-state index is 13.7. The van der Waals surface area contributed by atoms with E-state index in [1.807, 2.05) is 12.1 Å². The van der Waals surface area contributed by atoms with Crippen LogP contribution in [0.4, 0.5) is 4.39 Å². The molecule has 134 valence electrons. The van der Waals surface area contributed by atoms with Gasteiger partial charge in [-0.1, -0.05) is 55.3 Å². The van der Waals surface area contributed by atoms with Gasteiger partial charge in [0.1, 0.15) is 5.82 Å². The highest BCUT2D eigenvalue weighted by molar-refractivity contribution is 5.32. The smallest absolute Gasteiger partial charge is 0.126 e. The van der Waals surface area contributed by atoms with Crippen LogP contribution in [0.2, 0.25) is 0 Å². The second kappa shape index (κ2) is 7.27. The summed E-state index contributed by atoms with van der Waals surface area (Å²) in [7, 11) is 4.14. The van der Waals surface area contributed by atoms with Gasteiger partial charge in [0.2, 0.25) is 0 Å². The first kappa shape index (κ1) is 18.1. The SMILES string of the molecule is Cc1cc(C2(O)CCCCC2C(c2ccccc2)N(C)C)ccc1F. The van der Waals surface area contributed by atoms with Gasteiger partial charge in [-0.25, -0.2) is 4.39 Å². The molecule has 0 aromatic heterocycles. The molecule has 2 nitrogen and oxygen atoms in total. The summed E-state index contributed by atoms with van der Waals surface area (Å²) in [5, 5.41) is 11.7. The Morgan fingerprint density at radius 2 is 1.84 bits per heavy atom. The van der Waals surface area contributed by atoms with E-state index >= 15 is 0 Å². The van der Waals surface area contributed by atoms with Crippen LogP contribution in [0, 0.1) is 18.7 Å². The minimum Gasteiger partial charge on any atom is -0.385 e. The minimum absolute atomic E-state index is 0.0727. The molecule has 0 aliphatic heterocycles. The van der Waals surface area contributed by atoms with Gasteiger partial charge in [0, 0.05) is 12.0 Å². The van der Waals surface area contributed by atoms with E-state index in [9.17, 15) is 9.50 Å². The summed E-state index contributed by atoms with van der Waals surface area (Å²) < 4.78 is 13.7. The quantitative estimate of drug-likeness (QED) is 0.862. The fraction of sp³-hybridized carbons (Fsp3) is 0.455. The third kappa shape index (κ3) is 3.49. The second-order valence-electron chi connectivity index (χ2n) is 7.56. The molecule has 2 aromatic rings. The number of halogens is 1. The topological polar surface area (TPSA) is 23.5 Å². The summed E-state index contributed by atoms with van der Waals surface area (Å²) in [6.45, 7) is 1.76. The van der Waals surface area contributed by atoms with Crippen LogP contribution >= 0.6 is 0 Å². The Hall–Kier alpha value is -1.71. The molecule has 1 N–H and O–H groups in total. The zero-order valence-corrected chi connectivity index (χ0v) is 15.4. The standard InChI is InChI=1S/C22H28FNO/c1-16-15-18(12-13-20(16)23)22(25)14-8-7-11-19(22)21(24(2)3)17-9-5-4-6-10-17/h4-6,9-10,12-13,15,19,21,25H,7-8,11,14H2,1-3H3. The van der Waals surface area contributed by atoms with Crippen molar-refractivity contribution in [1.82, 2.24) is 4.90 Å². The normalized spacial score (nSPS) is 25.1. The average molecular weight is 341 g/mol. The zero-order chi connectivity index (χ0) is 18.0. The molecule has 1 aliphatic rings. The number of nitrogens with zero attached hydrogens (tertiary/aromatic N) is 1. The van der Waals surface area contributed by atoms with Crippen LogP contribution in [0.25, 0.3) is 0 Å². The summed E-state index contributed by atoms with van der Waals surface area (Å²) in [5.74, 6) is -0.143. The predicted molar refractivity (Wildman–Crippen MR) is 99.9 cm³/mol. The Morgan fingerprint density at radius 3 is 2.48 bits per heavy atom. The fourth-order valence-corrected chi connectivity index (χ4v) is 4.41. The molecule has 0 spiro atoms. The highest BCUT2D eigenvalue weighted by Crippen LogP contribution is 2.49. The number of benzene rings is 2. The van der Waals surface area contributed by atoms with Gasteiger partial charge in [-0.2, -0.15) is 0 Å². The third-order valence-corrected chi connectivity index (χ3v) is 5.67. The molecule has 3 atom stereocenters. The van der Waals surface area contributed by atoms with Gasteiger partial charge in [0.25, 0.3) is 0 Å². The molecule has 0 amide bonds.